The zero-order chi connectivity index (χ0) is 25.5. The maximum Gasteiger partial charge on any atom is 0.338 e. The van der Waals surface area contributed by atoms with Crippen molar-refractivity contribution >= 4 is 17.6 Å². The third-order valence-corrected chi connectivity index (χ3v) is 5.27. The molecule has 8 heteroatoms. The number of amides is 1. The monoisotopic (exact) mass is 483 g/mol. The Morgan fingerprint density at radius 3 is 2.33 bits per heavy atom. The molecule has 1 heterocycles. The van der Waals surface area contributed by atoms with Gasteiger partial charge < -0.3 is 14.8 Å². The summed E-state index contributed by atoms with van der Waals surface area (Å²) in [6, 6.07) is 23.8. The maximum atomic E-state index is 12.6. The molecule has 0 aliphatic carbocycles. The van der Waals surface area contributed by atoms with E-state index >= 15 is 0 Å². The molecule has 0 spiro atoms. The van der Waals surface area contributed by atoms with Crippen molar-refractivity contribution in [1.82, 2.24) is 9.78 Å². The maximum absolute atomic E-state index is 12.6. The summed E-state index contributed by atoms with van der Waals surface area (Å²) in [5.74, 6) is -0.440. The quantitative estimate of drug-likeness (QED) is 0.369. The molecule has 0 fully saturated rings. The molecule has 8 nitrogen and oxygen atoms in total. The molecule has 1 amide bonds. The second kappa shape index (κ2) is 11.1. The number of carbonyl (C=O) groups is 2. The van der Waals surface area contributed by atoms with Crippen LogP contribution in [-0.4, -0.2) is 28.3 Å². The van der Waals surface area contributed by atoms with Crippen LogP contribution in [0.4, 0.5) is 5.69 Å². The summed E-state index contributed by atoms with van der Waals surface area (Å²) >= 11 is 0. The van der Waals surface area contributed by atoms with Crippen LogP contribution in [-0.2, 0) is 11.3 Å². The van der Waals surface area contributed by atoms with Gasteiger partial charge in [-0.3, -0.25) is 9.59 Å². The van der Waals surface area contributed by atoms with Gasteiger partial charge >= 0.3 is 5.97 Å². The number of aryl methyl sites for hydroxylation is 1. The molecular weight excluding hydrogens is 458 g/mol. The van der Waals surface area contributed by atoms with E-state index in [-0.39, 0.29) is 11.5 Å². The van der Waals surface area contributed by atoms with E-state index in [0.717, 1.165) is 11.1 Å². The highest BCUT2D eigenvalue weighted by molar-refractivity contribution is 6.04. The summed E-state index contributed by atoms with van der Waals surface area (Å²) in [4.78, 5) is 36.8. The zero-order valence-electron chi connectivity index (χ0n) is 19.9. The standard InChI is InChI=1S/C28H25N3O5/c1-3-35-28(34)22-7-11-23(12-8-22)29-27(33)21-9-13-24(14-10-21)31-26(32)16-15-25(30-31)36-18-20-6-4-5-19(2)17-20/h4-17H,3,18H2,1-2H3,(H,29,33). The Morgan fingerprint density at radius 1 is 0.917 bits per heavy atom. The SMILES string of the molecule is CCOC(=O)c1ccc(NC(=O)c2ccc(-n3nc(OCc4cccc(C)c4)ccc3=O)cc2)cc1. The van der Waals surface area contributed by atoms with Crippen molar-refractivity contribution in [2.75, 3.05) is 11.9 Å². The van der Waals surface area contributed by atoms with Crippen molar-refractivity contribution in [3.63, 3.8) is 0 Å². The molecule has 36 heavy (non-hydrogen) atoms. The van der Waals surface area contributed by atoms with E-state index in [0.29, 0.717) is 41.6 Å². The zero-order valence-corrected chi connectivity index (χ0v) is 19.9. The first-order valence-corrected chi connectivity index (χ1v) is 11.4. The van der Waals surface area contributed by atoms with Gasteiger partial charge in [0.15, 0.2) is 0 Å². The number of hydrogen-bond donors (Lipinski definition) is 1. The molecule has 0 aliphatic rings. The number of nitrogens with zero attached hydrogens (tertiary/aromatic N) is 2. The molecule has 182 valence electrons. The van der Waals surface area contributed by atoms with E-state index < -0.39 is 5.97 Å². The first-order chi connectivity index (χ1) is 17.4. The lowest BCUT2D eigenvalue weighted by molar-refractivity contribution is 0.0526. The molecule has 0 saturated heterocycles. The number of nitrogens with one attached hydrogen (secondary N) is 1. The first-order valence-electron chi connectivity index (χ1n) is 11.4. The lowest BCUT2D eigenvalue weighted by Gasteiger charge is -2.10. The summed E-state index contributed by atoms with van der Waals surface area (Å²) in [7, 11) is 0. The van der Waals surface area contributed by atoms with Gasteiger partial charge in [0.2, 0.25) is 5.88 Å². The Kier molecular flexibility index (Phi) is 7.55. The minimum atomic E-state index is -0.417. The molecule has 1 N–H and O–H groups in total. The van der Waals surface area contributed by atoms with Crippen molar-refractivity contribution in [1.29, 1.82) is 0 Å². The lowest BCUT2D eigenvalue weighted by Crippen LogP contribution is -2.20. The topological polar surface area (TPSA) is 99.5 Å². The van der Waals surface area contributed by atoms with E-state index in [1.54, 1.807) is 55.5 Å². The van der Waals surface area contributed by atoms with E-state index in [9.17, 15) is 14.4 Å². The predicted molar refractivity (Wildman–Crippen MR) is 136 cm³/mol. The van der Waals surface area contributed by atoms with Crippen molar-refractivity contribution in [3.8, 4) is 11.6 Å². The van der Waals surface area contributed by atoms with E-state index in [2.05, 4.69) is 10.4 Å². The summed E-state index contributed by atoms with van der Waals surface area (Å²) < 4.78 is 11.9. The number of hydrogen-bond acceptors (Lipinski definition) is 6. The Balaban J connectivity index is 1.43. The average Bonchev–Trinajstić information content (AvgIpc) is 2.89. The first kappa shape index (κ1) is 24.4. The number of esters is 1. The van der Waals surface area contributed by atoms with Gasteiger partial charge in [0.1, 0.15) is 6.61 Å². The van der Waals surface area contributed by atoms with E-state index in [4.69, 9.17) is 9.47 Å². The summed E-state index contributed by atoms with van der Waals surface area (Å²) in [6.45, 7) is 4.36. The van der Waals surface area contributed by atoms with E-state index in [1.165, 1.54) is 16.8 Å². The van der Waals surface area contributed by atoms with Gasteiger partial charge in [-0.15, -0.1) is 5.10 Å². The highest BCUT2D eigenvalue weighted by Gasteiger charge is 2.10. The Bertz CT molecular complexity index is 1430. The van der Waals surface area contributed by atoms with Crippen LogP contribution in [0, 0.1) is 6.92 Å². The molecule has 0 unspecified atom stereocenters. The molecule has 0 saturated carbocycles. The Hall–Kier alpha value is -4.72. The van der Waals surface area contributed by atoms with Gasteiger partial charge in [0.25, 0.3) is 11.5 Å². The minimum absolute atomic E-state index is 0.291. The summed E-state index contributed by atoms with van der Waals surface area (Å²) in [5.41, 5.74) is 3.64. The van der Waals surface area contributed by atoms with Crippen molar-refractivity contribution in [2.45, 2.75) is 20.5 Å². The van der Waals surface area contributed by atoms with Crippen LogP contribution in [0.2, 0.25) is 0 Å². The molecule has 3 aromatic carbocycles. The van der Waals surface area contributed by atoms with E-state index in [1.807, 2.05) is 31.2 Å². The second-order valence-corrected chi connectivity index (χ2v) is 8.00. The third kappa shape index (κ3) is 6.04. The van der Waals surface area contributed by atoms with Gasteiger partial charge in [-0.25, -0.2) is 4.79 Å². The average molecular weight is 484 g/mol. The highest BCUT2D eigenvalue weighted by atomic mass is 16.5. The molecular formula is C28H25N3O5. The van der Waals surface area contributed by atoms with Crippen molar-refractivity contribution in [2.24, 2.45) is 0 Å². The van der Waals surface area contributed by atoms with Crippen LogP contribution in [0.25, 0.3) is 5.69 Å². The van der Waals surface area contributed by atoms with Gasteiger partial charge in [-0.1, -0.05) is 29.8 Å². The number of benzene rings is 3. The van der Waals surface area contributed by atoms with Crippen LogP contribution in [0.3, 0.4) is 0 Å². The van der Waals surface area contributed by atoms with Gasteiger partial charge in [-0.05, 0) is 67.9 Å². The van der Waals surface area contributed by atoms with Gasteiger partial charge in [-0.2, -0.15) is 4.68 Å². The van der Waals surface area contributed by atoms with Crippen LogP contribution >= 0.6 is 0 Å². The third-order valence-electron chi connectivity index (χ3n) is 5.27. The number of ether oxygens (including phenoxy) is 2. The van der Waals surface area contributed by atoms with Crippen molar-refractivity contribution in [3.05, 3.63) is 118 Å². The number of rotatable bonds is 8. The fourth-order valence-electron chi connectivity index (χ4n) is 3.48. The van der Waals surface area contributed by atoms with Gasteiger partial charge in [0, 0.05) is 23.4 Å². The molecule has 4 rings (SSSR count). The largest absolute Gasteiger partial charge is 0.472 e. The fourth-order valence-corrected chi connectivity index (χ4v) is 3.48. The number of aromatic nitrogens is 2. The van der Waals surface area contributed by atoms with Crippen molar-refractivity contribution < 1.29 is 19.1 Å². The molecule has 4 aromatic rings. The molecule has 0 bridgehead atoms. The normalized spacial score (nSPS) is 10.5. The summed E-state index contributed by atoms with van der Waals surface area (Å²) in [6.07, 6.45) is 0. The van der Waals surface area contributed by atoms with Crippen LogP contribution in [0.15, 0.2) is 89.7 Å². The van der Waals surface area contributed by atoms with Crippen LogP contribution in [0.1, 0.15) is 38.8 Å². The predicted octanol–water partition coefficient (Wildman–Crippen LogP) is 4.55. The van der Waals surface area contributed by atoms with Crippen LogP contribution < -0.4 is 15.6 Å². The highest BCUT2D eigenvalue weighted by Crippen LogP contribution is 2.15. The molecule has 1 aromatic heterocycles. The number of carbonyl (C=O) groups excluding carboxylic acids is 2. The minimum Gasteiger partial charge on any atom is -0.472 e. The Labute approximate surface area is 208 Å². The molecule has 0 radical (unpaired) electrons. The molecule has 0 atom stereocenters. The Morgan fingerprint density at radius 2 is 1.64 bits per heavy atom. The van der Waals surface area contributed by atoms with Gasteiger partial charge in [0.05, 0.1) is 17.9 Å². The molecule has 0 aliphatic heterocycles. The smallest absolute Gasteiger partial charge is 0.338 e. The second-order valence-electron chi connectivity index (χ2n) is 8.00. The number of anilines is 1. The lowest BCUT2D eigenvalue weighted by atomic mass is 10.1. The van der Waals surface area contributed by atoms with Crippen LogP contribution in [0.5, 0.6) is 5.88 Å². The summed E-state index contributed by atoms with van der Waals surface area (Å²) in [5, 5.41) is 7.08. The fraction of sp³-hybridized carbons (Fsp3) is 0.143.